The van der Waals surface area contributed by atoms with Crippen LogP contribution in [0.1, 0.15) is 39.0 Å². The minimum absolute atomic E-state index is 0.245. The number of aryl methyl sites for hydroxylation is 1. The van der Waals surface area contributed by atoms with Crippen molar-refractivity contribution in [2.75, 3.05) is 5.88 Å². The highest BCUT2D eigenvalue weighted by Crippen LogP contribution is 2.21. The van der Waals surface area contributed by atoms with Crippen molar-refractivity contribution < 1.29 is 0 Å². The van der Waals surface area contributed by atoms with Crippen LogP contribution in [0.5, 0.6) is 0 Å². The standard InChI is InChI=1S/C16H23ClN4/c1-2-3-4-5-6-9-21-15-10-14(20-16(18)11-17)8-7-13(15)12-19-21/h7-8,10,12H,2-6,9,11H2,1H3,(H2,18,20). The molecular weight excluding hydrogens is 284 g/mol. The molecule has 2 N–H and O–H groups in total. The van der Waals surface area contributed by atoms with Gasteiger partial charge in [-0.1, -0.05) is 32.6 Å². The molecule has 2 rings (SSSR count). The monoisotopic (exact) mass is 306 g/mol. The van der Waals surface area contributed by atoms with E-state index in [9.17, 15) is 0 Å². The molecule has 5 heteroatoms. The van der Waals surface area contributed by atoms with Gasteiger partial charge in [0.05, 0.1) is 23.3 Å². The van der Waals surface area contributed by atoms with E-state index in [1.165, 1.54) is 25.7 Å². The van der Waals surface area contributed by atoms with Crippen LogP contribution in [0.3, 0.4) is 0 Å². The Morgan fingerprint density at radius 2 is 2.10 bits per heavy atom. The second-order valence-electron chi connectivity index (χ2n) is 5.26. The first kappa shape index (κ1) is 15.8. The molecule has 0 saturated carbocycles. The lowest BCUT2D eigenvalue weighted by atomic mass is 10.1. The van der Waals surface area contributed by atoms with Gasteiger partial charge in [-0.3, -0.25) is 4.68 Å². The Kier molecular flexibility index (Phi) is 6.05. The van der Waals surface area contributed by atoms with Crippen LogP contribution in [0, 0.1) is 0 Å². The Bertz CT molecular complexity index is 603. The number of unbranched alkanes of at least 4 members (excludes halogenated alkanes) is 4. The van der Waals surface area contributed by atoms with E-state index >= 15 is 0 Å². The summed E-state index contributed by atoms with van der Waals surface area (Å²) in [4.78, 5) is 4.29. The zero-order chi connectivity index (χ0) is 15.1. The highest BCUT2D eigenvalue weighted by atomic mass is 35.5. The van der Waals surface area contributed by atoms with Crippen LogP contribution in [0.15, 0.2) is 29.4 Å². The van der Waals surface area contributed by atoms with Crippen molar-refractivity contribution in [2.24, 2.45) is 10.7 Å². The van der Waals surface area contributed by atoms with Crippen molar-refractivity contribution in [3.63, 3.8) is 0 Å². The number of aliphatic imine (C=N–C) groups is 1. The highest BCUT2D eigenvalue weighted by molar-refractivity contribution is 6.28. The van der Waals surface area contributed by atoms with E-state index < -0.39 is 0 Å². The fourth-order valence-electron chi connectivity index (χ4n) is 2.37. The third-order valence-electron chi connectivity index (χ3n) is 3.51. The number of hydrogen-bond acceptors (Lipinski definition) is 2. The SMILES string of the molecule is CCCCCCCn1ncc2ccc(N=C(N)CCl)cc21. The molecule has 1 heterocycles. The number of fused-ring (bicyclic) bond motifs is 1. The molecule has 0 aliphatic rings. The molecule has 0 saturated heterocycles. The van der Waals surface area contributed by atoms with Crippen LogP contribution in [-0.4, -0.2) is 21.5 Å². The molecule has 0 fully saturated rings. The van der Waals surface area contributed by atoms with E-state index in [-0.39, 0.29) is 5.88 Å². The van der Waals surface area contributed by atoms with Crippen molar-refractivity contribution in [3.05, 3.63) is 24.4 Å². The van der Waals surface area contributed by atoms with E-state index in [2.05, 4.69) is 21.7 Å². The van der Waals surface area contributed by atoms with Crippen LogP contribution in [-0.2, 0) is 6.54 Å². The maximum atomic E-state index is 5.68. The number of amidine groups is 1. The third kappa shape index (κ3) is 4.46. The zero-order valence-corrected chi connectivity index (χ0v) is 13.3. The molecule has 0 radical (unpaired) electrons. The fourth-order valence-corrected chi connectivity index (χ4v) is 2.43. The van der Waals surface area contributed by atoms with Gasteiger partial charge in [-0.2, -0.15) is 5.10 Å². The van der Waals surface area contributed by atoms with Gasteiger partial charge in [-0.15, -0.1) is 11.6 Å². The first-order valence-corrected chi connectivity index (χ1v) is 8.12. The number of nitrogens with zero attached hydrogens (tertiary/aromatic N) is 3. The molecule has 0 unspecified atom stereocenters. The number of hydrogen-bond donors (Lipinski definition) is 1. The first-order chi connectivity index (χ1) is 10.2. The molecule has 0 atom stereocenters. The van der Waals surface area contributed by atoms with Gasteiger partial charge in [0.1, 0.15) is 5.84 Å². The highest BCUT2D eigenvalue weighted by Gasteiger charge is 2.04. The molecule has 0 aliphatic heterocycles. The summed E-state index contributed by atoms with van der Waals surface area (Å²) in [5, 5.41) is 5.60. The predicted molar refractivity (Wildman–Crippen MR) is 90.5 cm³/mol. The van der Waals surface area contributed by atoms with Gasteiger partial charge in [0.25, 0.3) is 0 Å². The molecule has 4 nitrogen and oxygen atoms in total. The molecule has 0 aliphatic carbocycles. The summed E-state index contributed by atoms with van der Waals surface area (Å²) >= 11 is 5.67. The summed E-state index contributed by atoms with van der Waals surface area (Å²) in [6.07, 6.45) is 8.21. The second kappa shape index (κ2) is 8.03. The average Bonchev–Trinajstić information content (AvgIpc) is 2.89. The van der Waals surface area contributed by atoms with E-state index in [1.807, 2.05) is 24.4 Å². The van der Waals surface area contributed by atoms with Gasteiger partial charge in [0, 0.05) is 11.9 Å². The van der Waals surface area contributed by atoms with Crippen LogP contribution in [0.4, 0.5) is 5.69 Å². The van der Waals surface area contributed by atoms with Gasteiger partial charge in [0.15, 0.2) is 0 Å². The van der Waals surface area contributed by atoms with Crippen LogP contribution < -0.4 is 5.73 Å². The summed E-state index contributed by atoms with van der Waals surface area (Å²) in [7, 11) is 0. The van der Waals surface area contributed by atoms with Crippen molar-refractivity contribution >= 4 is 34.0 Å². The zero-order valence-electron chi connectivity index (χ0n) is 12.6. The lowest BCUT2D eigenvalue weighted by molar-refractivity contribution is 0.544. The molecule has 0 spiro atoms. The molecule has 1 aromatic carbocycles. The van der Waals surface area contributed by atoms with Crippen molar-refractivity contribution in [2.45, 2.75) is 45.6 Å². The second-order valence-corrected chi connectivity index (χ2v) is 5.53. The summed E-state index contributed by atoms with van der Waals surface area (Å²) in [5.41, 5.74) is 7.62. The third-order valence-corrected chi connectivity index (χ3v) is 3.79. The topological polar surface area (TPSA) is 56.2 Å². The van der Waals surface area contributed by atoms with Gasteiger partial charge >= 0.3 is 0 Å². The summed E-state index contributed by atoms with van der Waals surface area (Å²) in [5.74, 6) is 0.677. The lowest BCUT2D eigenvalue weighted by Gasteiger charge is -2.04. The van der Waals surface area contributed by atoms with Crippen molar-refractivity contribution in [3.8, 4) is 0 Å². The van der Waals surface area contributed by atoms with E-state index in [0.29, 0.717) is 5.84 Å². The first-order valence-electron chi connectivity index (χ1n) is 7.59. The number of benzene rings is 1. The maximum absolute atomic E-state index is 5.68. The number of rotatable bonds is 8. The van der Waals surface area contributed by atoms with Crippen molar-refractivity contribution in [1.29, 1.82) is 0 Å². The Morgan fingerprint density at radius 3 is 2.86 bits per heavy atom. The largest absolute Gasteiger partial charge is 0.386 e. The van der Waals surface area contributed by atoms with E-state index in [0.717, 1.165) is 29.6 Å². The molecular formula is C16H23ClN4. The Labute approximate surface area is 131 Å². The summed E-state index contributed by atoms with van der Waals surface area (Å²) in [6.45, 7) is 3.18. The van der Waals surface area contributed by atoms with E-state index in [1.54, 1.807) is 0 Å². The number of halogens is 1. The molecule has 1 aromatic heterocycles. The molecule has 0 amide bonds. The maximum Gasteiger partial charge on any atom is 0.115 e. The molecule has 114 valence electrons. The predicted octanol–water partition coefficient (Wildman–Crippen LogP) is 4.23. The minimum Gasteiger partial charge on any atom is -0.386 e. The lowest BCUT2D eigenvalue weighted by Crippen LogP contribution is -2.12. The van der Waals surface area contributed by atoms with Crippen molar-refractivity contribution in [1.82, 2.24) is 9.78 Å². The van der Waals surface area contributed by atoms with Gasteiger partial charge in [0.2, 0.25) is 0 Å². The number of nitrogens with two attached hydrogens (primary N) is 1. The Balaban J connectivity index is 2.08. The van der Waals surface area contributed by atoms with Gasteiger partial charge in [-0.25, -0.2) is 4.99 Å². The smallest absolute Gasteiger partial charge is 0.115 e. The summed E-state index contributed by atoms with van der Waals surface area (Å²) < 4.78 is 2.05. The van der Waals surface area contributed by atoms with Crippen LogP contribution >= 0.6 is 11.6 Å². The Morgan fingerprint density at radius 1 is 1.29 bits per heavy atom. The van der Waals surface area contributed by atoms with Crippen LogP contribution in [0.2, 0.25) is 0 Å². The molecule has 21 heavy (non-hydrogen) atoms. The number of alkyl halides is 1. The fraction of sp³-hybridized carbons (Fsp3) is 0.500. The average molecular weight is 307 g/mol. The van der Waals surface area contributed by atoms with Gasteiger partial charge in [-0.05, 0) is 24.6 Å². The summed E-state index contributed by atoms with van der Waals surface area (Å²) in [6, 6.07) is 5.99. The van der Waals surface area contributed by atoms with E-state index in [4.69, 9.17) is 17.3 Å². The quantitative estimate of drug-likeness (QED) is 0.343. The Hall–Kier alpha value is -1.55. The molecule has 2 aromatic rings. The normalized spacial score (nSPS) is 12.2. The van der Waals surface area contributed by atoms with Gasteiger partial charge < -0.3 is 5.73 Å². The van der Waals surface area contributed by atoms with Crippen LogP contribution in [0.25, 0.3) is 10.9 Å². The molecule has 0 bridgehead atoms. The number of aromatic nitrogens is 2. The minimum atomic E-state index is 0.245.